The highest BCUT2D eigenvalue weighted by atomic mass is 15.0. The maximum atomic E-state index is 8.98. The van der Waals surface area contributed by atoms with E-state index in [1.165, 1.54) is 24.8 Å². The molecular formula is C17H20N2. The van der Waals surface area contributed by atoms with E-state index in [9.17, 15) is 0 Å². The predicted molar refractivity (Wildman–Crippen MR) is 74.3 cm³/mol. The summed E-state index contributed by atoms with van der Waals surface area (Å²) < 4.78 is 0. The van der Waals surface area contributed by atoms with Crippen LogP contribution in [0.15, 0.2) is 24.3 Å². The summed E-state index contributed by atoms with van der Waals surface area (Å²) >= 11 is 0. The average molecular weight is 252 g/mol. The number of rotatable bonds is 3. The van der Waals surface area contributed by atoms with Crippen LogP contribution < -0.4 is 5.32 Å². The van der Waals surface area contributed by atoms with Crippen LogP contribution in [0.4, 0.5) is 0 Å². The lowest BCUT2D eigenvalue weighted by Crippen LogP contribution is -2.26. The van der Waals surface area contributed by atoms with Crippen molar-refractivity contribution in [3.63, 3.8) is 0 Å². The molecule has 98 valence electrons. The summed E-state index contributed by atoms with van der Waals surface area (Å²) in [5.41, 5.74) is 2.01. The Bertz CT molecular complexity index is 528. The Morgan fingerprint density at radius 3 is 2.68 bits per heavy atom. The van der Waals surface area contributed by atoms with E-state index in [0.717, 1.165) is 35.3 Å². The highest BCUT2D eigenvalue weighted by molar-refractivity contribution is 5.34. The van der Waals surface area contributed by atoms with Gasteiger partial charge in [0.15, 0.2) is 0 Å². The topological polar surface area (TPSA) is 35.8 Å². The summed E-state index contributed by atoms with van der Waals surface area (Å²) in [7, 11) is 0. The van der Waals surface area contributed by atoms with Gasteiger partial charge in [0, 0.05) is 12.1 Å². The molecule has 2 bridgehead atoms. The molecule has 19 heavy (non-hydrogen) atoms. The Morgan fingerprint density at radius 2 is 2.00 bits per heavy atom. The minimum Gasteiger partial charge on any atom is -0.307 e. The Hall–Kier alpha value is -1.33. The minimum absolute atomic E-state index is 0.364. The summed E-state index contributed by atoms with van der Waals surface area (Å²) in [6.45, 7) is 2.23. The molecule has 5 unspecified atom stereocenters. The number of hydrogen-bond acceptors (Lipinski definition) is 2. The molecule has 0 heterocycles. The molecule has 1 aromatic carbocycles. The summed E-state index contributed by atoms with van der Waals surface area (Å²) in [6.07, 6.45) is 4.45. The van der Waals surface area contributed by atoms with Gasteiger partial charge in [0.25, 0.3) is 0 Å². The van der Waals surface area contributed by atoms with Crippen molar-refractivity contribution in [3.05, 3.63) is 35.4 Å². The van der Waals surface area contributed by atoms with Gasteiger partial charge < -0.3 is 5.32 Å². The van der Waals surface area contributed by atoms with E-state index in [1.54, 1.807) is 0 Å². The molecule has 0 radical (unpaired) electrons. The van der Waals surface area contributed by atoms with Gasteiger partial charge in [-0.3, -0.25) is 0 Å². The van der Waals surface area contributed by atoms with Gasteiger partial charge in [-0.05, 0) is 67.6 Å². The fourth-order valence-corrected chi connectivity index (χ4v) is 4.81. The maximum absolute atomic E-state index is 8.98. The summed E-state index contributed by atoms with van der Waals surface area (Å²) in [6, 6.07) is 11.4. The Labute approximate surface area is 114 Å². The number of fused-ring (bicyclic) bond motifs is 5. The predicted octanol–water partition coefficient (Wildman–Crippen LogP) is 3.25. The van der Waals surface area contributed by atoms with Crippen molar-refractivity contribution in [2.24, 2.45) is 23.7 Å². The molecule has 0 spiro atoms. The smallest absolute Gasteiger partial charge is 0.0991 e. The largest absolute Gasteiger partial charge is 0.307 e. The second-order valence-corrected chi connectivity index (χ2v) is 6.64. The van der Waals surface area contributed by atoms with E-state index in [1.807, 2.05) is 18.2 Å². The van der Waals surface area contributed by atoms with Crippen molar-refractivity contribution >= 4 is 0 Å². The first kappa shape index (κ1) is 11.5. The Morgan fingerprint density at radius 1 is 1.26 bits per heavy atom. The van der Waals surface area contributed by atoms with Gasteiger partial charge in [-0.2, -0.15) is 5.26 Å². The molecule has 3 aliphatic rings. The Kier molecular flexibility index (Phi) is 2.47. The minimum atomic E-state index is 0.364. The van der Waals surface area contributed by atoms with Crippen molar-refractivity contribution in [2.45, 2.75) is 38.3 Å². The first-order valence-electron chi connectivity index (χ1n) is 7.54. The van der Waals surface area contributed by atoms with E-state index < -0.39 is 0 Å². The standard InChI is InChI=1S/C17H20N2/c1-10(12-4-2-3-11(7-12)9-18)19-17-15-13-5-6-14(8-13)16(15)17/h2-4,7,10,13-17,19H,5-6,8H2,1H3. The molecule has 0 aliphatic heterocycles. The van der Waals surface area contributed by atoms with E-state index in [0.29, 0.717) is 6.04 Å². The highest BCUT2D eigenvalue weighted by Gasteiger charge is 2.64. The van der Waals surface area contributed by atoms with Gasteiger partial charge in [-0.15, -0.1) is 0 Å². The van der Waals surface area contributed by atoms with E-state index >= 15 is 0 Å². The highest BCUT2D eigenvalue weighted by Crippen LogP contribution is 2.65. The molecule has 0 aromatic heterocycles. The van der Waals surface area contributed by atoms with Crippen molar-refractivity contribution in [3.8, 4) is 6.07 Å². The second kappa shape index (κ2) is 4.08. The number of nitrogens with one attached hydrogen (secondary N) is 1. The van der Waals surface area contributed by atoms with Gasteiger partial charge in [0.2, 0.25) is 0 Å². The van der Waals surface area contributed by atoms with Crippen LogP contribution in [0.25, 0.3) is 0 Å². The Balaban J connectivity index is 1.45. The number of nitriles is 1. The molecule has 2 nitrogen and oxygen atoms in total. The zero-order chi connectivity index (χ0) is 13.0. The molecule has 0 saturated heterocycles. The number of nitrogens with zero attached hydrogens (tertiary/aromatic N) is 1. The third kappa shape index (κ3) is 1.72. The lowest BCUT2D eigenvalue weighted by atomic mass is 10.0. The van der Waals surface area contributed by atoms with Gasteiger partial charge in [0.1, 0.15) is 0 Å². The van der Waals surface area contributed by atoms with Crippen molar-refractivity contribution in [1.29, 1.82) is 5.26 Å². The molecule has 3 saturated carbocycles. The zero-order valence-corrected chi connectivity index (χ0v) is 11.3. The molecule has 3 fully saturated rings. The molecule has 1 aromatic rings. The third-order valence-electron chi connectivity index (χ3n) is 5.69. The molecule has 4 rings (SSSR count). The van der Waals surface area contributed by atoms with Gasteiger partial charge in [-0.1, -0.05) is 12.1 Å². The van der Waals surface area contributed by atoms with Crippen LogP contribution in [0.2, 0.25) is 0 Å². The molecule has 5 atom stereocenters. The fraction of sp³-hybridized carbons (Fsp3) is 0.588. The second-order valence-electron chi connectivity index (χ2n) is 6.64. The molecule has 3 aliphatic carbocycles. The zero-order valence-electron chi connectivity index (χ0n) is 11.3. The fourth-order valence-electron chi connectivity index (χ4n) is 4.81. The first-order valence-corrected chi connectivity index (χ1v) is 7.54. The summed E-state index contributed by atoms with van der Waals surface area (Å²) in [4.78, 5) is 0. The van der Waals surface area contributed by atoms with Crippen LogP contribution in [-0.4, -0.2) is 6.04 Å². The molecule has 0 amide bonds. The summed E-state index contributed by atoms with van der Waals surface area (Å²) in [5.74, 6) is 3.98. The van der Waals surface area contributed by atoms with Gasteiger partial charge in [-0.25, -0.2) is 0 Å². The number of benzene rings is 1. The lowest BCUT2D eigenvalue weighted by Gasteiger charge is -2.17. The SMILES string of the molecule is CC(NC1C2C3CCC(C3)C12)c1cccc(C#N)c1. The van der Waals surface area contributed by atoms with Crippen LogP contribution in [0.5, 0.6) is 0 Å². The van der Waals surface area contributed by atoms with Crippen LogP contribution in [-0.2, 0) is 0 Å². The van der Waals surface area contributed by atoms with E-state index in [4.69, 9.17) is 5.26 Å². The van der Waals surface area contributed by atoms with Crippen molar-refractivity contribution < 1.29 is 0 Å². The third-order valence-corrected chi connectivity index (χ3v) is 5.69. The van der Waals surface area contributed by atoms with Gasteiger partial charge in [0.05, 0.1) is 11.6 Å². The van der Waals surface area contributed by atoms with Crippen LogP contribution >= 0.6 is 0 Å². The van der Waals surface area contributed by atoms with Crippen molar-refractivity contribution in [1.82, 2.24) is 5.32 Å². The molecule has 1 N–H and O–H groups in total. The molecule has 2 heteroatoms. The quantitative estimate of drug-likeness (QED) is 0.896. The van der Waals surface area contributed by atoms with Crippen LogP contribution in [0.3, 0.4) is 0 Å². The average Bonchev–Trinajstić information content (AvgIpc) is 2.85. The van der Waals surface area contributed by atoms with Crippen LogP contribution in [0.1, 0.15) is 43.4 Å². The maximum Gasteiger partial charge on any atom is 0.0991 e. The van der Waals surface area contributed by atoms with Crippen molar-refractivity contribution in [2.75, 3.05) is 0 Å². The first-order chi connectivity index (χ1) is 9.28. The van der Waals surface area contributed by atoms with Gasteiger partial charge >= 0.3 is 0 Å². The normalized spacial score (nSPS) is 39.7. The monoisotopic (exact) mass is 252 g/mol. The van der Waals surface area contributed by atoms with E-state index in [2.05, 4.69) is 24.4 Å². The van der Waals surface area contributed by atoms with E-state index in [-0.39, 0.29) is 0 Å². The molecular weight excluding hydrogens is 232 g/mol. The number of hydrogen-bond donors (Lipinski definition) is 1. The lowest BCUT2D eigenvalue weighted by molar-refractivity contribution is 0.433. The van der Waals surface area contributed by atoms with Crippen LogP contribution in [0, 0.1) is 35.0 Å². The summed E-state index contributed by atoms with van der Waals surface area (Å²) in [5, 5.41) is 12.8.